The molecule has 1 saturated carbocycles. The van der Waals surface area contributed by atoms with E-state index in [-0.39, 0.29) is 17.6 Å². The summed E-state index contributed by atoms with van der Waals surface area (Å²) in [4.78, 5) is 48.7. The van der Waals surface area contributed by atoms with Gasteiger partial charge in [-0.25, -0.2) is 9.97 Å². The number of rotatable bonds is 11. The number of hydrogen-bond acceptors (Lipinski definition) is 6. The number of amides is 1. The molecule has 2 N–H and O–H groups in total. The van der Waals surface area contributed by atoms with Gasteiger partial charge in [0.2, 0.25) is 5.91 Å². The number of thiophene rings is 1. The highest BCUT2D eigenvalue weighted by Crippen LogP contribution is 2.35. The Morgan fingerprint density at radius 1 is 0.889 bits per heavy atom. The average molecular weight is 624 g/mol. The number of Topliss-reactive ketones (excluding diaryl/α,β-unsaturated/α-hetero) is 1. The first-order valence-electron chi connectivity index (χ1n) is 15.7. The number of carbonyl (C=O) groups excluding carboxylic acids is 2. The summed E-state index contributed by atoms with van der Waals surface area (Å²) in [6, 6.07) is 19.1. The standard InChI is InChI=1S/C37H41N3O4S/c1-23(36(43)44)40-35(42)29(20-31(41)32-17-18-33(45-32)37(2,3)4)19-24-9-11-28(12-10-24)34-38-21-30(22-39-34)27-15-13-26(14-16-27)25-7-5-6-8-25/h9-18,21-23,25,29H,5-8,19-20H2,1-4H3,(H,40,42)(H,43,44)/t23-,29-/m1/s1. The SMILES string of the molecule is C[C@@H](NC(=O)[C@@H](CC(=O)c1ccc(C(C)(C)C)s1)Cc1ccc(-c2ncc(-c3ccc(C4CCCC4)cc3)cn2)cc1)C(=O)O. The lowest BCUT2D eigenvalue weighted by molar-refractivity contribution is -0.141. The minimum atomic E-state index is -1.13. The van der Waals surface area contributed by atoms with Crippen molar-refractivity contribution in [2.24, 2.45) is 5.92 Å². The third-order valence-corrected chi connectivity index (χ3v) is 10.1. The zero-order chi connectivity index (χ0) is 32.1. The topological polar surface area (TPSA) is 109 Å². The second-order valence-electron chi connectivity index (χ2n) is 13.1. The molecule has 0 aliphatic heterocycles. The van der Waals surface area contributed by atoms with Gasteiger partial charge in [-0.3, -0.25) is 14.4 Å². The first kappa shape index (κ1) is 32.2. The molecule has 1 aliphatic carbocycles. The Balaban J connectivity index is 1.27. The van der Waals surface area contributed by atoms with E-state index in [1.54, 1.807) is 0 Å². The zero-order valence-corrected chi connectivity index (χ0v) is 27.2. The Hall–Kier alpha value is -4.17. The molecule has 2 heterocycles. The highest BCUT2D eigenvalue weighted by Gasteiger charge is 2.27. The lowest BCUT2D eigenvalue weighted by atomic mass is 9.92. The van der Waals surface area contributed by atoms with E-state index >= 15 is 0 Å². The number of ketones is 1. The van der Waals surface area contributed by atoms with Crippen LogP contribution < -0.4 is 5.32 Å². The molecule has 8 heteroatoms. The maximum Gasteiger partial charge on any atom is 0.325 e. The summed E-state index contributed by atoms with van der Waals surface area (Å²) in [6.45, 7) is 7.69. The van der Waals surface area contributed by atoms with Crippen LogP contribution >= 0.6 is 11.3 Å². The van der Waals surface area contributed by atoms with Crippen LogP contribution in [0.1, 0.15) is 91.4 Å². The van der Waals surface area contributed by atoms with Crippen LogP contribution in [-0.2, 0) is 21.4 Å². The van der Waals surface area contributed by atoms with Gasteiger partial charge >= 0.3 is 5.97 Å². The van der Waals surface area contributed by atoms with Crippen molar-refractivity contribution >= 4 is 29.0 Å². The minimum absolute atomic E-state index is 0.0176. The largest absolute Gasteiger partial charge is 0.480 e. The Kier molecular flexibility index (Phi) is 9.93. The number of carbonyl (C=O) groups is 3. The molecule has 1 aliphatic rings. The average Bonchev–Trinajstić information content (AvgIpc) is 3.75. The summed E-state index contributed by atoms with van der Waals surface area (Å²) < 4.78 is 0. The predicted molar refractivity (Wildman–Crippen MR) is 179 cm³/mol. The van der Waals surface area contributed by atoms with E-state index in [2.05, 4.69) is 60.3 Å². The van der Waals surface area contributed by atoms with Gasteiger partial charge in [0.25, 0.3) is 0 Å². The molecule has 0 bridgehead atoms. The van der Waals surface area contributed by atoms with Crippen LogP contribution in [0.3, 0.4) is 0 Å². The van der Waals surface area contributed by atoms with Gasteiger partial charge in [-0.2, -0.15) is 0 Å². The van der Waals surface area contributed by atoms with E-state index < -0.39 is 23.8 Å². The molecule has 0 radical (unpaired) electrons. The van der Waals surface area contributed by atoms with Crippen molar-refractivity contribution in [2.45, 2.75) is 83.6 Å². The normalized spacial score (nSPS) is 15.0. The number of carboxylic acid groups (broad SMARTS) is 1. The number of carboxylic acids is 1. The smallest absolute Gasteiger partial charge is 0.325 e. The second-order valence-corrected chi connectivity index (χ2v) is 14.2. The summed E-state index contributed by atoms with van der Waals surface area (Å²) in [5, 5.41) is 11.9. The van der Waals surface area contributed by atoms with Gasteiger partial charge < -0.3 is 10.4 Å². The molecule has 1 amide bonds. The molecule has 1 fully saturated rings. The van der Waals surface area contributed by atoms with Crippen LogP contribution in [0.25, 0.3) is 22.5 Å². The van der Waals surface area contributed by atoms with Crippen LogP contribution in [0.15, 0.2) is 73.1 Å². The molecule has 2 aromatic heterocycles. The number of aliphatic carboxylic acids is 1. The van der Waals surface area contributed by atoms with Crippen LogP contribution in [0.5, 0.6) is 0 Å². The van der Waals surface area contributed by atoms with E-state index in [1.807, 2.05) is 48.8 Å². The molecule has 234 valence electrons. The highest BCUT2D eigenvalue weighted by molar-refractivity contribution is 7.14. The first-order valence-corrected chi connectivity index (χ1v) is 16.5. The van der Waals surface area contributed by atoms with Crippen molar-refractivity contribution in [1.82, 2.24) is 15.3 Å². The van der Waals surface area contributed by atoms with Crippen molar-refractivity contribution in [3.05, 3.63) is 93.9 Å². The predicted octanol–water partition coefficient (Wildman–Crippen LogP) is 7.85. The molecule has 2 atom stereocenters. The molecular formula is C37H41N3O4S. The Bertz CT molecular complexity index is 1630. The summed E-state index contributed by atoms with van der Waals surface area (Å²) in [5.41, 5.74) is 5.08. The summed E-state index contributed by atoms with van der Waals surface area (Å²) in [7, 11) is 0. The molecule has 2 aromatic carbocycles. The van der Waals surface area contributed by atoms with E-state index in [1.165, 1.54) is 49.5 Å². The fraction of sp³-hybridized carbons (Fsp3) is 0.378. The van der Waals surface area contributed by atoms with Gasteiger partial charge in [0.05, 0.1) is 4.88 Å². The van der Waals surface area contributed by atoms with Gasteiger partial charge in [0, 0.05) is 40.7 Å². The number of benzene rings is 2. The number of nitrogens with one attached hydrogen (secondary N) is 1. The van der Waals surface area contributed by atoms with E-state index in [0.29, 0.717) is 23.0 Å². The van der Waals surface area contributed by atoms with Gasteiger partial charge in [0.1, 0.15) is 6.04 Å². The third-order valence-electron chi connectivity index (χ3n) is 8.57. The first-order chi connectivity index (χ1) is 21.5. The molecular weight excluding hydrogens is 582 g/mol. The van der Waals surface area contributed by atoms with Gasteiger partial charge in [-0.1, -0.05) is 82.1 Å². The molecule has 5 rings (SSSR count). The number of aromatic nitrogens is 2. The quantitative estimate of drug-likeness (QED) is 0.165. The molecule has 0 spiro atoms. The maximum absolute atomic E-state index is 13.3. The second kappa shape index (κ2) is 13.9. The van der Waals surface area contributed by atoms with Crippen LogP contribution in [-0.4, -0.2) is 38.8 Å². The Morgan fingerprint density at radius 3 is 2.09 bits per heavy atom. The van der Waals surface area contributed by atoms with E-state index in [9.17, 15) is 19.5 Å². The summed E-state index contributed by atoms with van der Waals surface area (Å²) >= 11 is 1.44. The maximum atomic E-state index is 13.3. The lowest BCUT2D eigenvalue weighted by Crippen LogP contribution is -2.42. The van der Waals surface area contributed by atoms with Gasteiger partial charge in [-0.15, -0.1) is 11.3 Å². The molecule has 4 aromatic rings. The van der Waals surface area contributed by atoms with Crippen molar-refractivity contribution in [3.8, 4) is 22.5 Å². The van der Waals surface area contributed by atoms with Crippen LogP contribution in [0.2, 0.25) is 0 Å². The van der Waals surface area contributed by atoms with Crippen LogP contribution in [0.4, 0.5) is 0 Å². The Morgan fingerprint density at radius 2 is 1.51 bits per heavy atom. The molecule has 0 unspecified atom stereocenters. The minimum Gasteiger partial charge on any atom is -0.480 e. The highest BCUT2D eigenvalue weighted by atomic mass is 32.1. The van der Waals surface area contributed by atoms with Gasteiger partial charge in [-0.05, 0) is 66.3 Å². The monoisotopic (exact) mass is 623 g/mol. The van der Waals surface area contributed by atoms with Crippen molar-refractivity contribution in [3.63, 3.8) is 0 Å². The third kappa shape index (κ3) is 8.11. The van der Waals surface area contributed by atoms with Crippen molar-refractivity contribution < 1.29 is 19.5 Å². The fourth-order valence-electron chi connectivity index (χ4n) is 5.77. The van der Waals surface area contributed by atoms with E-state index in [4.69, 9.17) is 0 Å². The van der Waals surface area contributed by atoms with E-state index in [0.717, 1.165) is 27.1 Å². The summed E-state index contributed by atoms with van der Waals surface area (Å²) in [6.07, 6.45) is 9.14. The summed E-state index contributed by atoms with van der Waals surface area (Å²) in [5.74, 6) is -1.15. The number of hydrogen-bond donors (Lipinski definition) is 2. The fourth-order valence-corrected chi connectivity index (χ4v) is 6.79. The van der Waals surface area contributed by atoms with Crippen molar-refractivity contribution in [2.75, 3.05) is 0 Å². The molecule has 7 nitrogen and oxygen atoms in total. The zero-order valence-electron chi connectivity index (χ0n) is 26.4. The van der Waals surface area contributed by atoms with Crippen LogP contribution in [0, 0.1) is 5.92 Å². The Labute approximate surface area is 269 Å². The molecule has 45 heavy (non-hydrogen) atoms. The number of nitrogens with zero attached hydrogens (tertiary/aromatic N) is 2. The van der Waals surface area contributed by atoms with Gasteiger partial charge in [0.15, 0.2) is 11.6 Å². The molecule has 0 saturated heterocycles. The van der Waals surface area contributed by atoms with Crippen molar-refractivity contribution in [1.29, 1.82) is 0 Å². The lowest BCUT2D eigenvalue weighted by Gasteiger charge is -2.18.